The summed E-state index contributed by atoms with van der Waals surface area (Å²) < 4.78 is 1.82. The normalized spacial score (nSPS) is 14.4. The van der Waals surface area contributed by atoms with Gasteiger partial charge < -0.3 is 5.32 Å². The third-order valence-corrected chi connectivity index (χ3v) is 4.61. The van der Waals surface area contributed by atoms with Crippen LogP contribution in [0, 0.1) is 6.92 Å². The Bertz CT molecular complexity index is 831. The van der Waals surface area contributed by atoms with Gasteiger partial charge in [0.25, 0.3) is 5.91 Å². The smallest absolute Gasteiger partial charge is 0.251 e. The van der Waals surface area contributed by atoms with Crippen LogP contribution in [0.15, 0.2) is 24.3 Å². The maximum Gasteiger partial charge on any atom is 0.251 e. The van der Waals surface area contributed by atoms with Crippen LogP contribution in [0.4, 0.5) is 0 Å². The van der Waals surface area contributed by atoms with Gasteiger partial charge in [0.05, 0.1) is 6.54 Å². The average molecular weight is 313 g/mol. The van der Waals surface area contributed by atoms with Crippen LogP contribution in [-0.4, -0.2) is 25.7 Å². The van der Waals surface area contributed by atoms with E-state index in [2.05, 4.69) is 20.6 Å². The minimum absolute atomic E-state index is 0.0895. The van der Waals surface area contributed by atoms with Crippen LogP contribution in [0.3, 0.4) is 0 Å². The number of nitrogens with zero attached hydrogens (tertiary/aromatic N) is 4. The SMILES string of the molecule is Cc1ccc(C(=O)NCc2nn3c(C4CC4)nnc3s2)cc1. The number of aromatic nitrogens is 4. The number of hydrogen-bond acceptors (Lipinski definition) is 5. The molecule has 1 aliphatic carbocycles. The van der Waals surface area contributed by atoms with Gasteiger partial charge in [0, 0.05) is 11.5 Å². The van der Waals surface area contributed by atoms with E-state index in [4.69, 9.17) is 0 Å². The largest absolute Gasteiger partial charge is 0.345 e. The number of amides is 1. The van der Waals surface area contributed by atoms with Gasteiger partial charge in [0.15, 0.2) is 5.82 Å². The van der Waals surface area contributed by atoms with Gasteiger partial charge in [0.2, 0.25) is 4.96 Å². The van der Waals surface area contributed by atoms with Crippen molar-refractivity contribution in [3.63, 3.8) is 0 Å². The molecule has 0 saturated heterocycles. The predicted octanol–water partition coefficient (Wildman–Crippen LogP) is 2.30. The van der Waals surface area contributed by atoms with E-state index in [1.54, 1.807) is 0 Å². The van der Waals surface area contributed by atoms with Crippen LogP contribution < -0.4 is 5.32 Å². The summed E-state index contributed by atoms with van der Waals surface area (Å²) in [6, 6.07) is 7.52. The molecule has 1 amide bonds. The lowest BCUT2D eigenvalue weighted by molar-refractivity contribution is 0.0951. The molecule has 1 fully saturated rings. The van der Waals surface area contributed by atoms with E-state index in [-0.39, 0.29) is 5.91 Å². The first-order valence-corrected chi connectivity index (χ1v) is 8.08. The summed E-state index contributed by atoms with van der Waals surface area (Å²) in [6.07, 6.45) is 2.33. The molecule has 1 saturated carbocycles. The van der Waals surface area contributed by atoms with Crippen LogP contribution in [0.5, 0.6) is 0 Å². The lowest BCUT2D eigenvalue weighted by Gasteiger charge is -2.03. The van der Waals surface area contributed by atoms with Crippen LogP contribution in [0.25, 0.3) is 4.96 Å². The maximum atomic E-state index is 12.1. The predicted molar refractivity (Wildman–Crippen MR) is 83.0 cm³/mol. The lowest BCUT2D eigenvalue weighted by Crippen LogP contribution is -2.22. The Morgan fingerprint density at radius 2 is 2.09 bits per heavy atom. The van der Waals surface area contributed by atoms with Crippen molar-refractivity contribution in [1.82, 2.24) is 25.1 Å². The van der Waals surface area contributed by atoms with Gasteiger partial charge in [-0.05, 0) is 31.9 Å². The van der Waals surface area contributed by atoms with Crippen molar-refractivity contribution in [3.8, 4) is 0 Å². The number of rotatable bonds is 4. The summed E-state index contributed by atoms with van der Waals surface area (Å²) in [5.41, 5.74) is 1.80. The highest BCUT2D eigenvalue weighted by atomic mass is 32.1. The number of carbonyl (C=O) groups excluding carboxylic acids is 1. The second-order valence-electron chi connectivity index (χ2n) is 5.57. The molecule has 7 heteroatoms. The second-order valence-corrected chi connectivity index (χ2v) is 6.61. The van der Waals surface area contributed by atoms with E-state index in [1.807, 2.05) is 35.7 Å². The molecule has 2 heterocycles. The molecule has 2 aromatic heterocycles. The highest BCUT2D eigenvalue weighted by Crippen LogP contribution is 2.39. The topological polar surface area (TPSA) is 72.2 Å². The van der Waals surface area contributed by atoms with E-state index in [0.29, 0.717) is 18.0 Å². The molecule has 1 aromatic carbocycles. The van der Waals surface area contributed by atoms with E-state index in [0.717, 1.165) is 34.2 Å². The average Bonchev–Trinajstić information content (AvgIpc) is 3.16. The van der Waals surface area contributed by atoms with Gasteiger partial charge in [-0.25, -0.2) is 0 Å². The molecule has 1 N–H and O–H groups in total. The zero-order valence-electron chi connectivity index (χ0n) is 12.1. The third kappa shape index (κ3) is 2.48. The number of hydrogen-bond donors (Lipinski definition) is 1. The summed E-state index contributed by atoms with van der Waals surface area (Å²) in [5, 5.41) is 16.6. The van der Waals surface area contributed by atoms with E-state index in [9.17, 15) is 4.79 Å². The third-order valence-electron chi connectivity index (χ3n) is 3.71. The summed E-state index contributed by atoms with van der Waals surface area (Å²) in [4.78, 5) is 12.9. The maximum absolute atomic E-state index is 12.1. The number of fused-ring (bicyclic) bond motifs is 1. The van der Waals surface area contributed by atoms with Crippen LogP contribution >= 0.6 is 11.3 Å². The van der Waals surface area contributed by atoms with Crippen molar-refractivity contribution in [3.05, 3.63) is 46.2 Å². The Hall–Kier alpha value is -2.28. The Morgan fingerprint density at radius 1 is 1.32 bits per heavy atom. The summed E-state index contributed by atoms with van der Waals surface area (Å²) in [6.45, 7) is 2.41. The molecule has 112 valence electrons. The van der Waals surface area contributed by atoms with Crippen molar-refractivity contribution in [1.29, 1.82) is 0 Å². The van der Waals surface area contributed by atoms with Crippen molar-refractivity contribution in [2.75, 3.05) is 0 Å². The molecule has 3 aromatic rings. The molecule has 0 aliphatic heterocycles. The number of nitrogens with one attached hydrogen (secondary N) is 1. The molecule has 0 atom stereocenters. The Morgan fingerprint density at radius 3 is 2.82 bits per heavy atom. The zero-order valence-corrected chi connectivity index (χ0v) is 12.9. The van der Waals surface area contributed by atoms with E-state index < -0.39 is 0 Å². The molecular formula is C15H15N5OS. The molecule has 0 spiro atoms. The first-order valence-electron chi connectivity index (χ1n) is 7.26. The van der Waals surface area contributed by atoms with Crippen molar-refractivity contribution in [2.45, 2.75) is 32.2 Å². The first-order chi connectivity index (χ1) is 10.7. The molecule has 22 heavy (non-hydrogen) atoms. The number of benzene rings is 1. The molecular weight excluding hydrogens is 298 g/mol. The molecule has 0 radical (unpaired) electrons. The van der Waals surface area contributed by atoms with E-state index in [1.165, 1.54) is 11.3 Å². The first kappa shape index (κ1) is 13.4. The molecule has 1 aliphatic rings. The summed E-state index contributed by atoms with van der Waals surface area (Å²) in [5.74, 6) is 1.36. The molecule has 0 unspecified atom stereocenters. The number of aryl methyl sites for hydroxylation is 1. The highest BCUT2D eigenvalue weighted by Gasteiger charge is 2.30. The minimum atomic E-state index is -0.0895. The van der Waals surface area contributed by atoms with Gasteiger partial charge in [-0.2, -0.15) is 9.61 Å². The zero-order chi connectivity index (χ0) is 15.1. The fourth-order valence-electron chi connectivity index (χ4n) is 2.30. The minimum Gasteiger partial charge on any atom is -0.345 e. The molecule has 4 rings (SSSR count). The van der Waals surface area contributed by atoms with Crippen molar-refractivity contribution < 1.29 is 4.79 Å². The van der Waals surface area contributed by atoms with Gasteiger partial charge in [0.1, 0.15) is 5.01 Å². The van der Waals surface area contributed by atoms with Gasteiger partial charge in [-0.3, -0.25) is 4.79 Å². The Labute approximate surface area is 131 Å². The van der Waals surface area contributed by atoms with Crippen LogP contribution in [0.1, 0.15) is 45.5 Å². The van der Waals surface area contributed by atoms with Gasteiger partial charge in [-0.15, -0.1) is 10.2 Å². The second kappa shape index (κ2) is 5.17. The summed E-state index contributed by atoms with van der Waals surface area (Å²) >= 11 is 1.47. The van der Waals surface area contributed by atoms with Crippen molar-refractivity contribution >= 4 is 22.2 Å². The standard InChI is InChI=1S/C15H15N5OS/c1-9-2-4-11(5-3-9)14(21)16-8-12-19-20-13(10-6-7-10)17-18-15(20)22-12/h2-5,10H,6-8H2,1H3,(H,16,21). The van der Waals surface area contributed by atoms with Crippen molar-refractivity contribution in [2.24, 2.45) is 0 Å². The molecule has 0 bridgehead atoms. The molecule has 6 nitrogen and oxygen atoms in total. The fraction of sp³-hybridized carbons (Fsp3) is 0.333. The quantitative estimate of drug-likeness (QED) is 0.802. The van der Waals surface area contributed by atoms with Crippen LogP contribution in [0.2, 0.25) is 0 Å². The highest BCUT2D eigenvalue weighted by molar-refractivity contribution is 7.16. The number of carbonyl (C=O) groups is 1. The van der Waals surface area contributed by atoms with Gasteiger partial charge >= 0.3 is 0 Å². The Balaban J connectivity index is 1.47. The Kier molecular flexibility index (Phi) is 3.15. The van der Waals surface area contributed by atoms with Crippen LogP contribution in [-0.2, 0) is 6.54 Å². The van der Waals surface area contributed by atoms with E-state index >= 15 is 0 Å². The van der Waals surface area contributed by atoms with Gasteiger partial charge in [-0.1, -0.05) is 29.0 Å². The monoisotopic (exact) mass is 313 g/mol. The summed E-state index contributed by atoms with van der Waals surface area (Å²) in [7, 11) is 0. The fourth-order valence-corrected chi connectivity index (χ4v) is 3.08. The lowest BCUT2D eigenvalue weighted by atomic mass is 10.1.